The number of nitrogens with zero attached hydrogens (tertiary/aromatic N) is 2. The van der Waals surface area contributed by atoms with Crippen molar-refractivity contribution in [2.24, 2.45) is 0 Å². The summed E-state index contributed by atoms with van der Waals surface area (Å²) in [6.07, 6.45) is 2.56. The second kappa shape index (κ2) is 3.54. The van der Waals surface area contributed by atoms with Crippen molar-refractivity contribution in [2.75, 3.05) is 12.8 Å². The molecule has 0 saturated carbocycles. The zero-order valence-corrected chi connectivity index (χ0v) is 6.94. The van der Waals surface area contributed by atoms with Gasteiger partial charge in [-0.25, -0.2) is 4.79 Å². The lowest BCUT2D eigenvalue weighted by molar-refractivity contribution is 0.0600. The predicted octanol–water partition coefficient (Wildman–Crippen LogP) is 0.322. The molecule has 66 valence electrons. The molecule has 1 rings (SSSR count). The molecule has 0 bridgehead atoms. The normalized spacial score (nSPS) is 8.92. The fourth-order valence-corrected chi connectivity index (χ4v) is 0.866. The molecule has 0 aliphatic carbocycles. The first kappa shape index (κ1) is 9.00. The molecule has 0 amide bonds. The first-order chi connectivity index (χ1) is 6.20. The number of esters is 1. The molecule has 0 fully saturated rings. The van der Waals surface area contributed by atoms with Crippen LogP contribution in [0, 0.1) is 11.3 Å². The van der Waals surface area contributed by atoms with Crippen molar-refractivity contribution >= 4 is 11.7 Å². The molecule has 13 heavy (non-hydrogen) atoms. The van der Waals surface area contributed by atoms with E-state index in [1.807, 2.05) is 6.07 Å². The van der Waals surface area contributed by atoms with E-state index in [4.69, 9.17) is 11.0 Å². The zero-order valence-electron chi connectivity index (χ0n) is 6.94. The summed E-state index contributed by atoms with van der Waals surface area (Å²) < 4.78 is 4.45. The predicted molar refractivity (Wildman–Crippen MR) is 44.7 cm³/mol. The Balaban J connectivity index is 3.30. The van der Waals surface area contributed by atoms with Crippen molar-refractivity contribution in [1.29, 1.82) is 5.26 Å². The zero-order chi connectivity index (χ0) is 9.84. The number of nitriles is 1. The van der Waals surface area contributed by atoms with Crippen molar-refractivity contribution in [3.05, 3.63) is 23.5 Å². The van der Waals surface area contributed by atoms with Gasteiger partial charge in [-0.2, -0.15) is 5.26 Å². The van der Waals surface area contributed by atoms with Crippen LogP contribution in [0.2, 0.25) is 0 Å². The van der Waals surface area contributed by atoms with Gasteiger partial charge in [0.1, 0.15) is 6.07 Å². The van der Waals surface area contributed by atoms with Crippen LogP contribution >= 0.6 is 0 Å². The van der Waals surface area contributed by atoms with Gasteiger partial charge in [-0.15, -0.1) is 0 Å². The van der Waals surface area contributed by atoms with E-state index < -0.39 is 5.97 Å². The van der Waals surface area contributed by atoms with Crippen LogP contribution in [-0.4, -0.2) is 18.1 Å². The van der Waals surface area contributed by atoms with Crippen molar-refractivity contribution in [3.63, 3.8) is 0 Å². The molecule has 0 radical (unpaired) electrons. The van der Waals surface area contributed by atoms with Gasteiger partial charge < -0.3 is 10.5 Å². The summed E-state index contributed by atoms with van der Waals surface area (Å²) in [5, 5.41) is 8.68. The second-order valence-electron chi connectivity index (χ2n) is 2.25. The number of hydrogen-bond donors (Lipinski definition) is 1. The smallest absolute Gasteiger partial charge is 0.340 e. The number of aromatic nitrogens is 1. The number of ether oxygens (including phenoxy) is 1. The second-order valence-corrected chi connectivity index (χ2v) is 2.25. The summed E-state index contributed by atoms with van der Waals surface area (Å²) in [6, 6.07) is 1.81. The maximum atomic E-state index is 11.1. The summed E-state index contributed by atoms with van der Waals surface area (Å²) >= 11 is 0. The molecule has 2 N–H and O–H groups in total. The maximum absolute atomic E-state index is 11.1. The third-order valence-electron chi connectivity index (χ3n) is 1.49. The molecule has 0 aromatic carbocycles. The summed E-state index contributed by atoms with van der Waals surface area (Å²) in [5.74, 6) is -0.614. The fraction of sp³-hybridized carbons (Fsp3) is 0.125. The first-order valence-electron chi connectivity index (χ1n) is 3.42. The molecular formula is C8H7N3O2. The Morgan fingerprint density at radius 1 is 1.69 bits per heavy atom. The summed E-state index contributed by atoms with van der Waals surface area (Å²) in [4.78, 5) is 14.8. The molecule has 5 nitrogen and oxygen atoms in total. The van der Waals surface area contributed by atoms with Crippen LogP contribution in [-0.2, 0) is 4.74 Å². The molecule has 0 unspecified atom stereocenters. The largest absolute Gasteiger partial charge is 0.465 e. The Kier molecular flexibility index (Phi) is 2.45. The topological polar surface area (TPSA) is 89.0 Å². The number of anilines is 1. The molecule has 0 spiro atoms. The number of carbonyl (C=O) groups excluding carboxylic acids is 1. The molecule has 0 saturated heterocycles. The number of methoxy groups -OCH3 is 1. The van der Waals surface area contributed by atoms with Gasteiger partial charge in [-0.1, -0.05) is 0 Å². The molecular weight excluding hydrogens is 170 g/mol. The highest BCUT2D eigenvalue weighted by Crippen LogP contribution is 2.14. The molecule has 1 heterocycles. The van der Waals surface area contributed by atoms with Crippen molar-refractivity contribution in [1.82, 2.24) is 4.98 Å². The number of nitrogens with two attached hydrogens (primary N) is 1. The minimum atomic E-state index is -0.614. The van der Waals surface area contributed by atoms with E-state index in [1.54, 1.807) is 0 Å². The Labute approximate surface area is 74.8 Å². The van der Waals surface area contributed by atoms with Gasteiger partial charge in [-0.05, 0) is 0 Å². The number of rotatable bonds is 1. The van der Waals surface area contributed by atoms with Gasteiger partial charge in [0, 0.05) is 6.20 Å². The average molecular weight is 177 g/mol. The van der Waals surface area contributed by atoms with Gasteiger partial charge in [-0.3, -0.25) is 4.98 Å². The number of carbonyl (C=O) groups is 1. The van der Waals surface area contributed by atoms with Crippen LogP contribution in [0.3, 0.4) is 0 Å². The molecule has 1 aromatic rings. The molecule has 0 atom stereocenters. The standard InChI is InChI=1S/C8H7N3O2/c1-13-8(12)6-3-11-4-7(10)5(6)2-9/h3-4H,10H2,1H3. The number of hydrogen-bond acceptors (Lipinski definition) is 5. The van der Waals surface area contributed by atoms with E-state index in [9.17, 15) is 4.79 Å². The SMILES string of the molecule is COC(=O)c1cncc(N)c1C#N. The summed E-state index contributed by atoms with van der Waals surface area (Å²) in [7, 11) is 1.23. The van der Waals surface area contributed by atoms with E-state index in [0.717, 1.165) is 0 Å². The van der Waals surface area contributed by atoms with E-state index in [0.29, 0.717) is 0 Å². The molecule has 5 heteroatoms. The highest BCUT2D eigenvalue weighted by molar-refractivity contribution is 5.93. The highest BCUT2D eigenvalue weighted by atomic mass is 16.5. The van der Waals surface area contributed by atoms with Gasteiger partial charge in [0.05, 0.1) is 30.1 Å². The number of pyridine rings is 1. The molecule has 1 aromatic heterocycles. The van der Waals surface area contributed by atoms with Crippen LogP contribution < -0.4 is 5.73 Å². The van der Waals surface area contributed by atoms with E-state index in [-0.39, 0.29) is 16.8 Å². The lowest BCUT2D eigenvalue weighted by Crippen LogP contribution is -2.07. The third-order valence-corrected chi connectivity index (χ3v) is 1.49. The van der Waals surface area contributed by atoms with Crippen LogP contribution in [0.1, 0.15) is 15.9 Å². The maximum Gasteiger partial charge on any atom is 0.340 e. The quantitative estimate of drug-likeness (QED) is 0.624. The minimum Gasteiger partial charge on any atom is -0.465 e. The first-order valence-corrected chi connectivity index (χ1v) is 3.42. The average Bonchev–Trinajstić information content (AvgIpc) is 2.16. The minimum absolute atomic E-state index is 0.0880. The van der Waals surface area contributed by atoms with E-state index in [1.165, 1.54) is 19.5 Å². The Morgan fingerprint density at radius 2 is 2.38 bits per heavy atom. The molecule has 0 aliphatic heterocycles. The monoisotopic (exact) mass is 177 g/mol. The highest BCUT2D eigenvalue weighted by Gasteiger charge is 2.13. The lowest BCUT2D eigenvalue weighted by atomic mass is 10.1. The van der Waals surface area contributed by atoms with Gasteiger partial charge in [0.15, 0.2) is 0 Å². The third kappa shape index (κ3) is 1.56. The van der Waals surface area contributed by atoms with E-state index >= 15 is 0 Å². The Bertz CT molecular complexity index is 381. The van der Waals surface area contributed by atoms with E-state index in [2.05, 4.69) is 9.72 Å². The van der Waals surface area contributed by atoms with Crippen LogP contribution in [0.5, 0.6) is 0 Å². The van der Waals surface area contributed by atoms with Crippen LogP contribution in [0.25, 0.3) is 0 Å². The number of nitrogen functional groups attached to an aromatic ring is 1. The Morgan fingerprint density at radius 3 is 2.92 bits per heavy atom. The van der Waals surface area contributed by atoms with Gasteiger partial charge in [0.25, 0.3) is 0 Å². The van der Waals surface area contributed by atoms with Crippen molar-refractivity contribution in [2.45, 2.75) is 0 Å². The fourth-order valence-electron chi connectivity index (χ4n) is 0.866. The molecule has 0 aliphatic rings. The van der Waals surface area contributed by atoms with Gasteiger partial charge >= 0.3 is 5.97 Å². The lowest BCUT2D eigenvalue weighted by Gasteiger charge is -2.02. The van der Waals surface area contributed by atoms with Crippen LogP contribution in [0.4, 0.5) is 5.69 Å². The summed E-state index contributed by atoms with van der Waals surface area (Å²) in [5.41, 5.74) is 5.79. The van der Waals surface area contributed by atoms with Crippen LogP contribution in [0.15, 0.2) is 12.4 Å². The van der Waals surface area contributed by atoms with Crippen molar-refractivity contribution in [3.8, 4) is 6.07 Å². The van der Waals surface area contributed by atoms with Gasteiger partial charge in [0.2, 0.25) is 0 Å². The summed E-state index contributed by atoms with van der Waals surface area (Å²) in [6.45, 7) is 0. The van der Waals surface area contributed by atoms with Crippen molar-refractivity contribution < 1.29 is 9.53 Å². The Hall–Kier alpha value is -2.09.